The van der Waals surface area contributed by atoms with Crippen molar-refractivity contribution in [1.29, 1.82) is 0 Å². The van der Waals surface area contributed by atoms with Crippen molar-refractivity contribution in [2.75, 3.05) is 0 Å². The first-order chi connectivity index (χ1) is 6.32. The van der Waals surface area contributed by atoms with Crippen molar-refractivity contribution >= 4 is 0 Å². The molecule has 0 saturated heterocycles. The number of hydrogen-bond acceptors (Lipinski definition) is 1. The summed E-state index contributed by atoms with van der Waals surface area (Å²) in [6.07, 6.45) is -4.66. The minimum atomic E-state index is -4.66. The minimum Gasteiger partial charge on any atom is -0.316 e. The molecule has 1 atom stereocenters. The molecule has 0 radical (unpaired) electrons. The van der Waals surface area contributed by atoms with E-state index in [0.717, 1.165) is 6.07 Å². The Labute approximate surface area is 76.3 Å². The molecule has 0 aliphatic carbocycles. The van der Waals surface area contributed by atoms with E-state index in [1.54, 1.807) is 0 Å². The first kappa shape index (κ1) is 10.9. The fraction of sp³-hybridized carbons (Fsp3) is 0.250. The Balaban J connectivity index is 3.03. The number of halogens is 5. The summed E-state index contributed by atoms with van der Waals surface area (Å²) in [7, 11) is 0. The Bertz CT molecular complexity index is 333. The molecule has 6 heteroatoms. The Morgan fingerprint density at radius 1 is 1.07 bits per heavy atom. The molecule has 1 aromatic carbocycles. The van der Waals surface area contributed by atoms with Crippen LogP contribution >= 0.6 is 0 Å². The number of benzene rings is 1. The lowest BCUT2D eigenvalue weighted by Gasteiger charge is -2.15. The van der Waals surface area contributed by atoms with Gasteiger partial charge in [-0.25, -0.2) is 8.78 Å². The Morgan fingerprint density at radius 3 is 2.07 bits per heavy atom. The summed E-state index contributed by atoms with van der Waals surface area (Å²) in [6, 6.07) is -0.446. The molecule has 0 bridgehead atoms. The smallest absolute Gasteiger partial charge is 0.316 e. The average Bonchev–Trinajstić information content (AvgIpc) is 2.07. The zero-order valence-electron chi connectivity index (χ0n) is 6.78. The Kier molecular flexibility index (Phi) is 2.75. The third-order valence-electron chi connectivity index (χ3n) is 1.66. The molecule has 0 aromatic heterocycles. The van der Waals surface area contributed by atoms with Gasteiger partial charge in [-0.3, -0.25) is 0 Å². The van der Waals surface area contributed by atoms with Crippen molar-refractivity contribution < 1.29 is 22.0 Å². The van der Waals surface area contributed by atoms with E-state index in [-0.39, 0.29) is 0 Å². The van der Waals surface area contributed by atoms with E-state index in [1.807, 2.05) is 0 Å². The van der Waals surface area contributed by atoms with Crippen LogP contribution in [0.4, 0.5) is 22.0 Å². The Hall–Kier alpha value is -1.17. The summed E-state index contributed by atoms with van der Waals surface area (Å²) >= 11 is 0. The summed E-state index contributed by atoms with van der Waals surface area (Å²) in [5.74, 6) is -2.55. The van der Waals surface area contributed by atoms with Crippen molar-refractivity contribution in [3.05, 3.63) is 35.4 Å². The lowest BCUT2D eigenvalue weighted by Crippen LogP contribution is -2.28. The fourth-order valence-corrected chi connectivity index (χ4v) is 0.895. The molecule has 0 aliphatic heterocycles. The van der Waals surface area contributed by atoms with Crippen LogP contribution in [0.1, 0.15) is 11.6 Å². The zero-order valence-corrected chi connectivity index (χ0v) is 6.78. The van der Waals surface area contributed by atoms with Gasteiger partial charge < -0.3 is 5.73 Å². The summed E-state index contributed by atoms with van der Waals surface area (Å²) in [6.45, 7) is 0. The standard InChI is InChI=1S/C8H6F5N/c9-5-2-1-4(3-6(5)10)7(14)8(11,12)13/h1-3,7H,14H2/t7-/m1/s1. The number of rotatable bonds is 1. The maximum absolute atomic E-state index is 12.5. The van der Waals surface area contributed by atoms with Crippen molar-refractivity contribution in [2.45, 2.75) is 12.2 Å². The average molecular weight is 211 g/mol. The van der Waals surface area contributed by atoms with Crippen LogP contribution in [0.5, 0.6) is 0 Å². The molecule has 0 fully saturated rings. The van der Waals surface area contributed by atoms with Gasteiger partial charge in [-0.2, -0.15) is 13.2 Å². The van der Waals surface area contributed by atoms with Gasteiger partial charge in [-0.1, -0.05) is 6.07 Å². The summed E-state index contributed by atoms with van der Waals surface area (Å²) in [5.41, 5.74) is 4.27. The van der Waals surface area contributed by atoms with Crippen LogP contribution in [-0.4, -0.2) is 6.18 Å². The predicted octanol–water partition coefficient (Wildman–Crippen LogP) is 2.53. The molecule has 1 nitrogen and oxygen atoms in total. The second kappa shape index (κ2) is 3.53. The van der Waals surface area contributed by atoms with Crippen molar-refractivity contribution in [3.8, 4) is 0 Å². The van der Waals surface area contributed by atoms with Crippen molar-refractivity contribution in [1.82, 2.24) is 0 Å². The molecule has 1 rings (SSSR count). The van der Waals surface area contributed by atoms with E-state index in [9.17, 15) is 22.0 Å². The van der Waals surface area contributed by atoms with E-state index >= 15 is 0 Å². The van der Waals surface area contributed by atoms with E-state index in [4.69, 9.17) is 5.73 Å². The van der Waals surface area contributed by atoms with Crippen LogP contribution in [-0.2, 0) is 0 Å². The second-order valence-corrected chi connectivity index (χ2v) is 2.69. The maximum atomic E-state index is 12.5. The molecule has 2 N–H and O–H groups in total. The molecular formula is C8H6F5N. The first-order valence-corrected chi connectivity index (χ1v) is 3.59. The first-order valence-electron chi connectivity index (χ1n) is 3.59. The maximum Gasteiger partial charge on any atom is 0.407 e. The van der Waals surface area contributed by atoms with E-state index in [1.165, 1.54) is 0 Å². The molecule has 1 aromatic rings. The summed E-state index contributed by atoms with van der Waals surface area (Å²) in [4.78, 5) is 0. The van der Waals surface area contributed by atoms with E-state index in [2.05, 4.69) is 0 Å². The highest BCUT2D eigenvalue weighted by molar-refractivity contribution is 5.22. The molecular weight excluding hydrogens is 205 g/mol. The van der Waals surface area contributed by atoms with Crippen LogP contribution in [0, 0.1) is 11.6 Å². The largest absolute Gasteiger partial charge is 0.407 e. The molecule has 0 saturated carbocycles. The van der Waals surface area contributed by atoms with Gasteiger partial charge in [0.2, 0.25) is 0 Å². The zero-order chi connectivity index (χ0) is 10.9. The van der Waals surface area contributed by atoms with Gasteiger partial charge in [0.25, 0.3) is 0 Å². The van der Waals surface area contributed by atoms with Gasteiger partial charge in [0, 0.05) is 0 Å². The van der Waals surface area contributed by atoms with Gasteiger partial charge in [-0.15, -0.1) is 0 Å². The van der Waals surface area contributed by atoms with E-state index < -0.39 is 29.4 Å². The molecule has 0 heterocycles. The third kappa shape index (κ3) is 2.20. The van der Waals surface area contributed by atoms with E-state index in [0.29, 0.717) is 12.1 Å². The Morgan fingerprint density at radius 2 is 1.64 bits per heavy atom. The molecule has 0 aliphatic rings. The van der Waals surface area contributed by atoms with Gasteiger partial charge in [0.1, 0.15) is 6.04 Å². The lowest BCUT2D eigenvalue weighted by molar-refractivity contribution is -0.149. The van der Waals surface area contributed by atoms with Gasteiger partial charge in [-0.05, 0) is 17.7 Å². The predicted molar refractivity (Wildman–Crippen MR) is 39.3 cm³/mol. The van der Waals surface area contributed by atoms with Crippen molar-refractivity contribution in [3.63, 3.8) is 0 Å². The normalized spacial score (nSPS) is 14.1. The highest BCUT2D eigenvalue weighted by Gasteiger charge is 2.38. The summed E-state index contributed by atoms with van der Waals surface area (Å²) < 4.78 is 61.0. The molecule has 14 heavy (non-hydrogen) atoms. The monoisotopic (exact) mass is 211 g/mol. The van der Waals surface area contributed by atoms with Crippen LogP contribution in [0.15, 0.2) is 18.2 Å². The van der Waals surface area contributed by atoms with Gasteiger partial charge >= 0.3 is 6.18 Å². The SMILES string of the molecule is N[C@H](c1ccc(F)c(F)c1)C(F)(F)F. The highest BCUT2D eigenvalue weighted by Crippen LogP contribution is 2.30. The molecule has 0 unspecified atom stereocenters. The molecule has 0 amide bonds. The van der Waals surface area contributed by atoms with Crippen molar-refractivity contribution in [2.24, 2.45) is 5.73 Å². The van der Waals surface area contributed by atoms with Crippen LogP contribution < -0.4 is 5.73 Å². The fourth-order valence-electron chi connectivity index (χ4n) is 0.895. The minimum absolute atomic E-state index is 0.438. The van der Waals surface area contributed by atoms with Crippen LogP contribution in [0.2, 0.25) is 0 Å². The quantitative estimate of drug-likeness (QED) is 0.709. The topological polar surface area (TPSA) is 26.0 Å². The highest BCUT2D eigenvalue weighted by atomic mass is 19.4. The third-order valence-corrected chi connectivity index (χ3v) is 1.66. The summed E-state index contributed by atoms with van der Waals surface area (Å²) in [5, 5.41) is 0. The van der Waals surface area contributed by atoms with Crippen LogP contribution in [0.3, 0.4) is 0 Å². The molecule has 78 valence electrons. The second-order valence-electron chi connectivity index (χ2n) is 2.69. The number of nitrogens with two attached hydrogens (primary N) is 1. The number of hydrogen-bond donors (Lipinski definition) is 1. The molecule has 0 spiro atoms. The van der Waals surface area contributed by atoms with Crippen LogP contribution in [0.25, 0.3) is 0 Å². The number of alkyl halides is 3. The van der Waals surface area contributed by atoms with Gasteiger partial charge in [0.05, 0.1) is 0 Å². The lowest BCUT2D eigenvalue weighted by atomic mass is 10.1. The van der Waals surface area contributed by atoms with Gasteiger partial charge in [0.15, 0.2) is 11.6 Å².